The number of carbonyl (C=O) groups excluding carboxylic acids is 2. The van der Waals surface area contributed by atoms with E-state index in [4.69, 9.17) is 14.2 Å². The van der Waals surface area contributed by atoms with Gasteiger partial charge in [-0.1, -0.05) is 42.0 Å². The Morgan fingerprint density at radius 1 is 1.00 bits per heavy atom. The van der Waals surface area contributed by atoms with Gasteiger partial charge in [0.1, 0.15) is 23.3 Å². The molecule has 0 radical (unpaired) electrons. The lowest BCUT2D eigenvalue weighted by Gasteiger charge is -2.32. The van der Waals surface area contributed by atoms with Crippen LogP contribution in [-0.4, -0.2) is 59.9 Å². The van der Waals surface area contributed by atoms with E-state index in [1.54, 1.807) is 29.3 Å². The standard InChI is InChI=1S/C35H40FN3O5/c1-23(38-33(40)28-19-31(21-37-20-28)43-30-15-18-42-22-30)24-5-7-25(8-6-24)32(26-9-11-29(36)12-10-26)27-13-16-39(17-14-27)34(41)44-35(2,3)4/h5-12,19-21,23,30H,13-18,22H2,1-4H3,(H,38,40)/t23-,30+/m1/s1. The summed E-state index contributed by atoms with van der Waals surface area (Å²) < 4.78 is 30.7. The topological polar surface area (TPSA) is 90.0 Å². The van der Waals surface area contributed by atoms with E-state index >= 15 is 0 Å². The van der Waals surface area contributed by atoms with Gasteiger partial charge in [-0.05, 0) is 81.0 Å². The summed E-state index contributed by atoms with van der Waals surface area (Å²) in [5.41, 5.74) is 4.95. The van der Waals surface area contributed by atoms with Crippen LogP contribution in [0.5, 0.6) is 5.75 Å². The molecule has 2 aliphatic heterocycles. The van der Waals surface area contributed by atoms with Crippen molar-refractivity contribution in [2.24, 2.45) is 0 Å². The van der Waals surface area contributed by atoms with Crippen LogP contribution in [0.1, 0.15) is 80.0 Å². The molecule has 3 aromatic rings. The second-order valence-corrected chi connectivity index (χ2v) is 12.3. The molecule has 2 saturated heterocycles. The largest absolute Gasteiger partial charge is 0.486 e. The highest BCUT2D eigenvalue weighted by Gasteiger charge is 2.26. The fourth-order valence-corrected chi connectivity index (χ4v) is 5.43. The van der Waals surface area contributed by atoms with Crippen molar-refractivity contribution in [3.05, 3.63) is 101 Å². The summed E-state index contributed by atoms with van der Waals surface area (Å²) in [7, 11) is 0. The van der Waals surface area contributed by atoms with E-state index in [9.17, 15) is 14.0 Å². The SMILES string of the molecule is C[C@@H](NC(=O)c1cncc(O[C@H]2CCOC2)c1)c1ccc(C(=C2CCN(C(=O)OC(C)(C)C)CC2)c2ccc(F)cc2)cc1. The average Bonchev–Trinajstić information content (AvgIpc) is 3.51. The highest BCUT2D eigenvalue weighted by molar-refractivity contribution is 5.94. The molecular weight excluding hydrogens is 561 g/mol. The van der Waals surface area contributed by atoms with Gasteiger partial charge < -0.3 is 24.4 Å². The van der Waals surface area contributed by atoms with Crippen LogP contribution in [0.3, 0.4) is 0 Å². The summed E-state index contributed by atoms with van der Waals surface area (Å²) in [4.78, 5) is 31.6. The first-order valence-corrected chi connectivity index (χ1v) is 15.1. The molecule has 0 spiro atoms. The third kappa shape index (κ3) is 8.02. The van der Waals surface area contributed by atoms with Crippen LogP contribution in [0.2, 0.25) is 0 Å². The van der Waals surface area contributed by atoms with Gasteiger partial charge in [-0.3, -0.25) is 9.78 Å². The molecule has 2 amide bonds. The third-order valence-electron chi connectivity index (χ3n) is 7.72. The summed E-state index contributed by atoms with van der Waals surface area (Å²) in [6.45, 7) is 9.82. The Hall–Kier alpha value is -4.24. The fourth-order valence-electron chi connectivity index (χ4n) is 5.43. The predicted octanol–water partition coefficient (Wildman–Crippen LogP) is 6.71. The van der Waals surface area contributed by atoms with Crippen LogP contribution < -0.4 is 10.1 Å². The zero-order valence-corrected chi connectivity index (χ0v) is 25.8. The first-order chi connectivity index (χ1) is 21.1. The van der Waals surface area contributed by atoms with Gasteiger partial charge in [0, 0.05) is 25.7 Å². The van der Waals surface area contributed by atoms with Crippen molar-refractivity contribution in [2.45, 2.75) is 64.7 Å². The lowest BCUT2D eigenvalue weighted by molar-refractivity contribution is 0.0236. The molecule has 0 saturated carbocycles. The summed E-state index contributed by atoms with van der Waals surface area (Å²) >= 11 is 0. The van der Waals surface area contributed by atoms with E-state index in [1.807, 2.05) is 52.0 Å². The number of nitrogens with one attached hydrogen (secondary N) is 1. The normalized spacial score (nSPS) is 17.6. The molecule has 1 N–H and O–H groups in total. The maximum absolute atomic E-state index is 13.8. The molecule has 0 unspecified atom stereocenters. The minimum Gasteiger partial charge on any atom is -0.486 e. The van der Waals surface area contributed by atoms with Crippen LogP contribution in [0.25, 0.3) is 5.57 Å². The van der Waals surface area contributed by atoms with Crippen molar-refractivity contribution < 1.29 is 28.2 Å². The Labute approximate surface area is 258 Å². The second-order valence-electron chi connectivity index (χ2n) is 12.3. The van der Waals surface area contributed by atoms with Crippen molar-refractivity contribution in [1.82, 2.24) is 15.2 Å². The van der Waals surface area contributed by atoms with Gasteiger partial charge in [-0.15, -0.1) is 0 Å². The Morgan fingerprint density at radius 3 is 2.27 bits per heavy atom. The number of piperidine rings is 1. The monoisotopic (exact) mass is 601 g/mol. The Balaban J connectivity index is 1.30. The summed E-state index contributed by atoms with van der Waals surface area (Å²) in [6, 6.07) is 16.0. The number of likely N-dealkylation sites (tertiary alicyclic amines) is 1. The van der Waals surface area contributed by atoms with Gasteiger partial charge >= 0.3 is 6.09 Å². The van der Waals surface area contributed by atoms with Gasteiger partial charge in [-0.2, -0.15) is 0 Å². The molecule has 5 rings (SSSR count). The molecule has 2 atom stereocenters. The molecule has 3 heterocycles. The number of carbonyl (C=O) groups is 2. The quantitative estimate of drug-likeness (QED) is 0.324. The van der Waals surface area contributed by atoms with Gasteiger partial charge in [0.05, 0.1) is 31.0 Å². The number of hydrogen-bond donors (Lipinski definition) is 1. The van der Waals surface area contributed by atoms with E-state index in [1.165, 1.54) is 23.9 Å². The maximum Gasteiger partial charge on any atom is 0.410 e. The smallest absolute Gasteiger partial charge is 0.410 e. The zero-order valence-electron chi connectivity index (χ0n) is 25.8. The van der Waals surface area contributed by atoms with Crippen molar-refractivity contribution in [2.75, 3.05) is 26.3 Å². The molecule has 0 aliphatic carbocycles. The highest BCUT2D eigenvalue weighted by atomic mass is 19.1. The van der Waals surface area contributed by atoms with Gasteiger partial charge in [-0.25, -0.2) is 9.18 Å². The molecule has 232 valence electrons. The number of hydrogen-bond acceptors (Lipinski definition) is 6. The van der Waals surface area contributed by atoms with Crippen LogP contribution in [0.4, 0.5) is 9.18 Å². The van der Waals surface area contributed by atoms with E-state index in [-0.39, 0.29) is 30.0 Å². The Kier molecular flexibility index (Phi) is 9.64. The molecule has 9 heteroatoms. The van der Waals surface area contributed by atoms with Crippen molar-refractivity contribution >= 4 is 17.6 Å². The maximum atomic E-state index is 13.8. The lowest BCUT2D eigenvalue weighted by atomic mass is 9.88. The number of benzene rings is 2. The number of amides is 2. The number of halogens is 1. The summed E-state index contributed by atoms with van der Waals surface area (Å²) in [5.74, 6) is 0.00844. The Morgan fingerprint density at radius 2 is 1.66 bits per heavy atom. The van der Waals surface area contributed by atoms with Crippen LogP contribution in [0.15, 0.2) is 72.6 Å². The minimum absolute atomic E-state index is 0.0279. The van der Waals surface area contributed by atoms with Crippen LogP contribution in [-0.2, 0) is 9.47 Å². The third-order valence-corrected chi connectivity index (χ3v) is 7.72. The number of pyridine rings is 1. The van der Waals surface area contributed by atoms with E-state index < -0.39 is 5.60 Å². The highest BCUT2D eigenvalue weighted by Crippen LogP contribution is 2.33. The first-order valence-electron chi connectivity index (χ1n) is 15.1. The molecule has 0 bridgehead atoms. The molecule has 2 aliphatic rings. The van der Waals surface area contributed by atoms with Crippen LogP contribution in [0, 0.1) is 5.82 Å². The van der Waals surface area contributed by atoms with Gasteiger partial charge in [0.25, 0.3) is 5.91 Å². The van der Waals surface area contributed by atoms with E-state index in [0.717, 1.165) is 28.7 Å². The second kappa shape index (κ2) is 13.6. The molecule has 8 nitrogen and oxygen atoms in total. The fraction of sp³-hybridized carbons (Fsp3) is 0.400. The lowest BCUT2D eigenvalue weighted by Crippen LogP contribution is -2.40. The van der Waals surface area contributed by atoms with Gasteiger partial charge in [0.2, 0.25) is 0 Å². The van der Waals surface area contributed by atoms with Crippen LogP contribution >= 0.6 is 0 Å². The van der Waals surface area contributed by atoms with Crippen molar-refractivity contribution in [1.29, 1.82) is 0 Å². The van der Waals surface area contributed by atoms with E-state index in [0.29, 0.717) is 50.5 Å². The first kappa shape index (κ1) is 31.2. The molecule has 2 fully saturated rings. The van der Waals surface area contributed by atoms with Gasteiger partial charge in [0.15, 0.2) is 0 Å². The number of ether oxygens (including phenoxy) is 3. The number of aromatic nitrogens is 1. The number of rotatable bonds is 7. The Bertz CT molecular complexity index is 1480. The molecule has 1 aromatic heterocycles. The molecule has 44 heavy (non-hydrogen) atoms. The minimum atomic E-state index is -0.551. The zero-order chi connectivity index (χ0) is 31.3. The molecule has 2 aromatic carbocycles. The van der Waals surface area contributed by atoms with Crippen molar-refractivity contribution in [3.8, 4) is 5.75 Å². The predicted molar refractivity (Wildman–Crippen MR) is 166 cm³/mol. The summed E-state index contributed by atoms with van der Waals surface area (Å²) in [6.07, 6.45) is 4.98. The summed E-state index contributed by atoms with van der Waals surface area (Å²) in [5, 5.41) is 3.05. The van der Waals surface area contributed by atoms with E-state index in [2.05, 4.69) is 10.3 Å². The molecular formula is C35H40FN3O5. The van der Waals surface area contributed by atoms with Crippen molar-refractivity contribution in [3.63, 3.8) is 0 Å². The number of nitrogens with zero attached hydrogens (tertiary/aromatic N) is 2. The average molecular weight is 602 g/mol.